The average Bonchev–Trinajstić information content (AvgIpc) is 2.74. The lowest BCUT2D eigenvalue weighted by molar-refractivity contribution is -0.149. The van der Waals surface area contributed by atoms with Crippen molar-refractivity contribution < 1.29 is 55.3 Å². The van der Waals surface area contributed by atoms with Gasteiger partial charge in [-0.2, -0.15) is 4.98 Å². The van der Waals surface area contributed by atoms with Gasteiger partial charge in [0, 0.05) is 46.5 Å². The molecule has 1 rings (SSSR count). The minimum Gasteiger partial charge on any atom is -0.454 e. The van der Waals surface area contributed by atoms with Crippen LogP contribution in [0.3, 0.4) is 0 Å². The molecule has 0 saturated carbocycles. The van der Waals surface area contributed by atoms with E-state index in [9.17, 15) is 28.8 Å². The van der Waals surface area contributed by atoms with Gasteiger partial charge in [0.15, 0.2) is 0 Å². The zero-order valence-electron chi connectivity index (χ0n) is 21.9. The normalized spacial score (nSPS) is 11.2. The summed E-state index contributed by atoms with van der Waals surface area (Å²) in [6.45, 7) is 6.50. The molecule has 0 aromatic carbocycles. The number of nitrogens with zero attached hydrogens (tertiary/aromatic N) is 6. The summed E-state index contributed by atoms with van der Waals surface area (Å²) in [6.07, 6.45) is 0.287. The second-order valence-corrected chi connectivity index (χ2v) is 13.0. The third-order valence-electron chi connectivity index (χ3n) is 4.26. The van der Waals surface area contributed by atoms with Gasteiger partial charge < -0.3 is 31.9 Å². The van der Waals surface area contributed by atoms with Gasteiger partial charge in [0.05, 0.1) is 0 Å². The number of nitrogens with one attached hydrogen (secondary N) is 1. The lowest BCUT2D eigenvalue weighted by Crippen LogP contribution is -2.84. The standard InChI is InChI=1S/C18H25N7O12Si2/c1-8-18(23-16-20-9-21-17(22-16)24-25-19,38(32-10(2)26,33-11(3)27)34-12(4)28)39(35-13(5)29,36-14(6)30)37-15(7)31/h9H,8H2,1-7H3,(H,20,21,22,23). The quantitative estimate of drug-likeness (QED) is 0.153. The van der Waals surface area contributed by atoms with E-state index in [1.807, 2.05) is 0 Å². The Morgan fingerprint density at radius 2 is 1.15 bits per heavy atom. The molecule has 19 nitrogen and oxygen atoms in total. The van der Waals surface area contributed by atoms with Gasteiger partial charge in [-0.3, -0.25) is 28.8 Å². The molecule has 212 valence electrons. The summed E-state index contributed by atoms with van der Waals surface area (Å²) in [5.41, 5.74) is 8.75. The molecule has 21 heteroatoms. The topological polar surface area (TPSA) is 257 Å². The maximum absolute atomic E-state index is 12.4. The zero-order chi connectivity index (χ0) is 30.0. The molecule has 0 aliphatic carbocycles. The fraction of sp³-hybridized carbons (Fsp3) is 0.500. The first kappa shape index (κ1) is 32.4. The highest BCUT2D eigenvalue weighted by molar-refractivity contribution is 6.89. The van der Waals surface area contributed by atoms with Crippen molar-refractivity contribution in [2.45, 2.75) is 59.7 Å². The highest BCUT2D eigenvalue weighted by Crippen LogP contribution is 2.41. The Hall–Kier alpha value is -4.63. The van der Waals surface area contributed by atoms with Crippen molar-refractivity contribution in [1.29, 1.82) is 0 Å². The summed E-state index contributed by atoms with van der Waals surface area (Å²) < 4.78 is 32.3. The number of anilines is 1. The fourth-order valence-corrected chi connectivity index (χ4v) is 10.7. The van der Waals surface area contributed by atoms with Crippen LogP contribution < -0.4 is 5.32 Å². The van der Waals surface area contributed by atoms with Crippen LogP contribution in [0.4, 0.5) is 11.9 Å². The third-order valence-corrected chi connectivity index (χ3v) is 12.5. The number of carbonyl (C=O) groups is 6. The predicted octanol–water partition coefficient (Wildman–Crippen LogP) is 0.709. The first-order valence-electron chi connectivity index (χ1n) is 10.8. The molecular weight excluding hydrogens is 562 g/mol. The van der Waals surface area contributed by atoms with Crippen LogP contribution in [0.15, 0.2) is 11.4 Å². The fourth-order valence-electron chi connectivity index (χ4n) is 3.27. The number of carbonyl (C=O) groups excluding carboxylic acids is 6. The Bertz CT molecular complexity index is 1070. The molecule has 0 radical (unpaired) electrons. The maximum Gasteiger partial charge on any atom is 0.740 e. The third kappa shape index (κ3) is 7.93. The maximum atomic E-state index is 12.4. The van der Waals surface area contributed by atoms with E-state index in [4.69, 9.17) is 32.1 Å². The Morgan fingerprint density at radius 1 is 0.795 bits per heavy atom. The highest BCUT2D eigenvalue weighted by atomic mass is 28.5. The molecule has 0 aliphatic rings. The number of hydrogen-bond donors (Lipinski definition) is 1. The van der Waals surface area contributed by atoms with Crippen LogP contribution in [0, 0.1) is 0 Å². The molecule has 0 spiro atoms. The SMILES string of the molecule is CCC(Nc1ncnc(N=[N+]=[N-])n1)([Si](OC(C)=O)(OC(C)=O)OC(C)=O)[Si](OC(C)=O)(OC(C)=O)OC(C)=O. The highest BCUT2D eigenvalue weighted by Gasteiger charge is 2.88. The van der Waals surface area contributed by atoms with E-state index < -0.39 is 76.5 Å². The Balaban J connectivity index is 4.45. The monoisotopic (exact) mass is 587 g/mol. The van der Waals surface area contributed by atoms with Gasteiger partial charge in [0.2, 0.25) is 11.9 Å². The van der Waals surface area contributed by atoms with Crippen LogP contribution >= 0.6 is 0 Å². The van der Waals surface area contributed by atoms with Gasteiger partial charge in [-0.25, -0.2) is 9.97 Å². The van der Waals surface area contributed by atoms with Crippen LogP contribution in [0.25, 0.3) is 10.4 Å². The van der Waals surface area contributed by atoms with Crippen molar-refractivity contribution in [2.75, 3.05) is 5.32 Å². The summed E-state index contributed by atoms with van der Waals surface area (Å²) in [5, 5.41) is 5.80. The van der Waals surface area contributed by atoms with Gasteiger partial charge in [0.25, 0.3) is 40.6 Å². The minimum absolute atomic E-state index is 0.501. The molecule has 0 fully saturated rings. The van der Waals surface area contributed by atoms with Crippen LogP contribution in [-0.2, 0) is 55.3 Å². The second-order valence-electron chi connectivity index (χ2n) is 7.36. The summed E-state index contributed by atoms with van der Waals surface area (Å²) >= 11 is 0. The van der Waals surface area contributed by atoms with Gasteiger partial charge in [-0.1, -0.05) is 6.92 Å². The molecule has 0 saturated heterocycles. The van der Waals surface area contributed by atoms with Crippen molar-refractivity contribution in [3.05, 3.63) is 16.8 Å². The minimum atomic E-state index is -5.45. The summed E-state index contributed by atoms with van der Waals surface area (Å²) in [7, 11) is -10.9. The van der Waals surface area contributed by atoms with E-state index in [0.717, 1.165) is 47.9 Å². The smallest absolute Gasteiger partial charge is 0.454 e. The van der Waals surface area contributed by atoms with E-state index >= 15 is 0 Å². The Kier molecular flexibility index (Phi) is 11.0. The molecule has 0 aliphatic heterocycles. The number of hydrogen-bond acceptors (Lipinski definition) is 17. The number of aromatic nitrogens is 3. The zero-order valence-corrected chi connectivity index (χ0v) is 23.9. The van der Waals surface area contributed by atoms with Crippen molar-refractivity contribution in [3.63, 3.8) is 0 Å². The van der Waals surface area contributed by atoms with Crippen molar-refractivity contribution in [2.24, 2.45) is 5.11 Å². The summed E-state index contributed by atoms with van der Waals surface area (Å²) in [4.78, 5) is 85.4. The largest absolute Gasteiger partial charge is 0.740 e. The Labute approximate surface area is 222 Å². The lowest BCUT2D eigenvalue weighted by Gasteiger charge is -2.46. The molecule has 0 atom stereocenters. The van der Waals surface area contributed by atoms with Gasteiger partial charge in [0.1, 0.15) is 6.33 Å². The predicted molar refractivity (Wildman–Crippen MR) is 127 cm³/mol. The van der Waals surface area contributed by atoms with Crippen LogP contribution in [-0.4, -0.2) is 73.2 Å². The van der Waals surface area contributed by atoms with Crippen LogP contribution in [0.1, 0.15) is 54.9 Å². The molecule has 39 heavy (non-hydrogen) atoms. The van der Waals surface area contributed by atoms with E-state index in [1.54, 1.807) is 0 Å². The molecule has 0 bridgehead atoms. The summed E-state index contributed by atoms with van der Waals surface area (Å²) in [5.74, 6) is -8.11. The van der Waals surface area contributed by atoms with E-state index in [1.165, 1.54) is 6.92 Å². The van der Waals surface area contributed by atoms with Crippen molar-refractivity contribution in [3.8, 4) is 0 Å². The van der Waals surface area contributed by atoms with Crippen LogP contribution in [0.2, 0.25) is 0 Å². The molecule has 1 N–H and O–H groups in total. The van der Waals surface area contributed by atoms with Crippen molar-refractivity contribution >= 4 is 65.3 Å². The number of rotatable bonds is 12. The molecular formula is C18H25N7O12Si2. The van der Waals surface area contributed by atoms with Gasteiger partial charge in [-0.05, 0) is 17.1 Å². The van der Waals surface area contributed by atoms with E-state index in [2.05, 4.69) is 30.3 Å². The average molecular weight is 588 g/mol. The summed E-state index contributed by atoms with van der Waals surface area (Å²) in [6, 6.07) is 0. The van der Waals surface area contributed by atoms with E-state index in [0.29, 0.717) is 0 Å². The molecule has 0 unspecified atom stereocenters. The molecule has 1 aromatic heterocycles. The van der Waals surface area contributed by atoms with Crippen LogP contribution in [0.5, 0.6) is 0 Å². The molecule has 1 heterocycles. The Morgan fingerprint density at radius 3 is 1.44 bits per heavy atom. The van der Waals surface area contributed by atoms with Gasteiger partial charge >= 0.3 is 17.6 Å². The first-order chi connectivity index (χ1) is 18.1. The molecule has 0 amide bonds. The first-order valence-corrected chi connectivity index (χ1v) is 14.2. The second kappa shape index (κ2) is 13.3. The van der Waals surface area contributed by atoms with E-state index in [-0.39, 0.29) is 0 Å². The molecule has 1 aromatic rings. The van der Waals surface area contributed by atoms with Crippen molar-refractivity contribution in [1.82, 2.24) is 15.0 Å². The number of azide groups is 1. The van der Waals surface area contributed by atoms with Gasteiger partial charge in [-0.15, -0.1) is 0 Å². The lowest BCUT2D eigenvalue weighted by atomic mass is 10.4.